The van der Waals surface area contributed by atoms with Gasteiger partial charge in [-0.2, -0.15) is 5.10 Å². The van der Waals surface area contributed by atoms with Gasteiger partial charge in [0.05, 0.1) is 5.69 Å². The van der Waals surface area contributed by atoms with E-state index in [1.807, 2.05) is 54.3 Å². The molecule has 2 aromatic carbocycles. The first kappa shape index (κ1) is 17.3. The number of benzene rings is 2. The van der Waals surface area contributed by atoms with Crippen LogP contribution in [0.1, 0.15) is 26.5 Å². The van der Waals surface area contributed by atoms with Gasteiger partial charge in [-0.1, -0.05) is 36.4 Å². The minimum absolute atomic E-state index is 0.0234. The van der Waals surface area contributed by atoms with Gasteiger partial charge >= 0.3 is 0 Å². The molecule has 1 aliphatic heterocycles. The van der Waals surface area contributed by atoms with Crippen LogP contribution in [0, 0.1) is 6.92 Å². The van der Waals surface area contributed by atoms with Gasteiger partial charge in [0.1, 0.15) is 5.69 Å². The van der Waals surface area contributed by atoms with E-state index in [9.17, 15) is 9.59 Å². The van der Waals surface area contributed by atoms with Crippen molar-refractivity contribution in [2.45, 2.75) is 6.92 Å². The van der Waals surface area contributed by atoms with E-state index in [4.69, 9.17) is 0 Å². The largest absolute Gasteiger partial charge is 0.335 e. The molecule has 6 heteroatoms. The zero-order valence-corrected chi connectivity index (χ0v) is 15.6. The van der Waals surface area contributed by atoms with Crippen LogP contribution in [-0.2, 0) is 7.05 Å². The van der Waals surface area contributed by atoms with Gasteiger partial charge in [0.2, 0.25) is 0 Å². The Morgan fingerprint density at radius 2 is 1.52 bits per heavy atom. The van der Waals surface area contributed by atoms with Crippen molar-refractivity contribution in [2.24, 2.45) is 7.05 Å². The summed E-state index contributed by atoms with van der Waals surface area (Å²) >= 11 is 0. The molecular formula is C21H22N4O2. The van der Waals surface area contributed by atoms with Crippen molar-refractivity contribution in [3.63, 3.8) is 0 Å². The third-order valence-corrected chi connectivity index (χ3v) is 5.10. The normalized spacial score (nSPS) is 14.6. The number of carbonyl (C=O) groups excluding carboxylic acids is 2. The Labute approximate surface area is 158 Å². The summed E-state index contributed by atoms with van der Waals surface area (Å²) in [6, 6.07) is 15.5. The van der Waals surface area contributed by atoms with E-state index >= 15 is 0 Å². The first-order chi connectivity index (χ1) is 13.0. The average Bonchev–Trinajstić information content (AvgIpc) is 3.04. The van der Waals surface area contributed by atoms with Crippen molar-refractivity contribution >= 4 is 22.6 Å². The first-order valence-corrected chi connectivity index (χ1v) is 9.11. The van der Waals surface area contributed by atoms with E-state index in [2.05, 4.69) is 5.10 Å². The van der Waals surface area contributed by atoms with Gasteiger partial charge in [0, 0.05) is 38.8 Å². The number of fused-ring (bicyclic) bond motifs is 1. The summed E-state index contributed by atoms with van der Waals surface area (Å²) in [5, 5.41) is 6.27. The fourth-order valence-corrected chi connectivity index (χ4v) is 3.67. The highest BCUT2D eigenvalue weighted by Gasteiger charge is 2.27. The molecule has 2 heterocycles. The number of nitrogens with zero attached hydrogens (tertiary/aromatic N) is 4. The van der Waals surface area contributed by atoms with Crippen molar-refractivity contribution in [1.82, 2.24) is 19.6 Å². The van der Waals surface area contributed by atoms with Gasteiger partial charge in [0.15, 0.2) is 0 Å². The number of piperazine rings is 1. The highest BCUT2D eigenvalue weighted by molar-refractivity contribution is 6.07. The highest BCUT2D eigenvalue weighted by Crippen LogP contribution is 2.21. The van der Waals surface area contributed by atoms with E-state index in [1.165, 1.54) is 0 Å². The maximum Gasteiger partial charge on any atom is 0.272 e. The van der Waals surface area contributed by atoms with Crippen LogP contribution in [0.5, 0.6) is 0 Å². The monoisotopic (exact) mass is 362 g/mol. The summed E-state index contributed by atoms with van der Waals surface area (Å²) in [7, 11) is 1.78. The number of aryl methyl sites for hydroxylation is 2. The zero-order chi connectivity index (χ0) is 19.0. The lowest BCUT2D eigenvalue weighted by Gasteiger charge is -2.35. The van der Waals surface area contributed by atoms with Crippen LogP contribution in [-0.4, -0.2) is 57.6 Å². The highest BCUT2D eigenvalue weighted by atomic mass is 16.2. The lowest BCUT2D eigenvalue weighted by Crippen LogP contribution is -2.50. The molecule has 2 amide bonds. The Morgan fingerprint density at radius 3 is 2.19 bits per heavy atom. The number of amides is 2. The summed E-state index contributed by atoms with van der Waals surface area (Å²) in [5.41, 5.74) is 2.13. The van der Waals surface area contributed by atoms with Gasteiger partial charge in [0.25, 0.3) is 11.8 Å². The first-order valence-electron chi connectivity index (χ1n) is 9.11. The Balaban J connectivity index is 1.48. The SMILES string of the molecule is Cc1cc(C(=O)N2CCN(C(=O)c3cccc4ccccc34)CC2)n(C)n1. The van der Waals surface area contributed by atoms with Gasteiger partial charge < -0.3 is 9.80 Å². The standard InChI is InChI=1S/C21H22N4O2/c1-15-14-19(23(2)22-15)21(27)25-12-10-24(11-13-25)20(26)18-9-5-7-16-6-3-4-8-17(16)18/h3-9,14H,10-13H2,1-2H3. The summed E-state index contributed by atoms with van der Waals surface area (Å²) in [4.78, 5) is 29.4. The molecule has 138 valence electrons. The molecule has 1 aliphatic rings. The number of rotatable bonds is 2. The fraction of sp³-hybridized carbons (Fsp3) is 0.286. The second kappa shape index (κ2) is 6.87. The molecule has 0 bridgehead atoms. The molecular weight excluding hydrogens is 340 g/mol. The smallest absolute Gasteiger partial charge is 0.272 e. The van der Waals surface area contributed by atoms with E-state index in [0.717, 1.165) is 22.0 Å². The lowest BCUT2D eigenvalue weighted by atomic mass is 10.0. The molecule has 1 aromatic heterocycles. The molecule has 0 atom stereocenters. The molecule has 0 saturated carbocycles. The minimum atomic E-state index is -0.0321. The molecule has 1 saturated heterocycles. The quantitative estimate of drug-likeness (QED) is 0.704. The summed E-state index contributed by atoms with van der Waals surface area (Å²) in [5.74, 6) is -0.00867. The Morgan fingerprint density at radius 1 is 0.889 bits per heavy atom. The summed E-state index contributed by atoms with van der Waals surface area (Å²) in [6.45, 7) is 3.99. The van der Waals surface area contributed by atoms with Crippen LogP contribution in [0.25, 0.3) is 10.8 Å². The van der Waals surface area contributed by atoms with E-state index in [-0.39, 0.29) is 11.8 Å². The van der Waals surface area contributed by atoms with Crippen LogP contribution in [0.3, 0.4) is 0 Å². The predicted octanol–water partition coefficient (Wildman–Crippen LogP) is 2.48. The Kier molecular flexibility index (Phi) is 4.39. The number of hydrogen-bond acceptors (Lipinski definition) is 3. The van der Waals surface area contributed by atoms with E-state index in [0.29, 0.717) is 31.9 Å². The van der Waals surface area contributed by atoms with Crippen LogP contribution < -0.4 is 0 Å². The Hall–Kier alpha value is -3.15. The minimum Gasteiger partial charge on any atom is -0.335 e. The average molecular weight is 362 g/mol. The maximum atomic E-state index is 13.0. The number of aromatic nitrogens is 2. The molecule has 3 aromatic rings. The molecule has 27 heavy (non-hydrogen) atoms. The second-order valence-corrected chi connectivity index (χ2v) is 6.91. The molecule has 0 radical (unpaired) electrons. The van der Waals surface area contributed by atoms with Crippen molar-refractivity contribution in [1.29, 1.82) is 0 Å². The van der Waals surface area contributed by atoms with Crippen LogP contribution >= 0.6 is 0 Å². The number of carbonyl (C=O) groups is 2. The van der Waals surface area contributed by atoms with Gasteiger partial charge in [-0.05, 0) is 29.8 Å². The van der Waals surface area contributed by atoms with Gasteiger partial charge in [-0.25, -0.2) is 0 Å². The summed E-state index contributed by atoms with van der Waals surface area (Å²) in [6.07, 6.45) is 0. The molecule has 0 spiro atoms. The topological polar surface area (TPSA) is 58.4 Å². The fourth-order valence-electron chi connectivity index (χ4n) is 3.67. The Bertz CT molecular complexity index is 1010. The van der Waals surface area contributed by atoms with Crippen LogP contribution in [0.4, 0.5) is 0 Å². The second-order valence-electron chi connectivity index (χ2n) is 6.91. The van der Waals surface area contributed by atoms with E-state index < -0.39 is 0 Å². The predicted molar refractivity (Wildman–Crippen MR) is 104 cm³/mol. The maximum absolute atomic E-state index is 13.0. The van der Waals surface area contributed by atoms with Crippen LogP contribution in [0.2, 0.25) is 0 Å². The van der Waals surface area contributed by atoms with Crippen LogP contribution in [0.15, 0.2) is 48.5 Å². The molecule has 0 N–H and O–H groups in total. The molecule has 0 aliphatic carbocycles. The lowest BCUT2D eigenvalue weighted by molar-refractivity contribution is 0.0530. The number of hydrogen-bond donors (Lipinski definition) is 0. The zero-order valence-electron chi connectivity index (χ0n) is 15.6. The van der Waals surface area contributed by atoms with Crippen molar-refractivity contribution in [2.75, 3.05) is 26.2 Å². The van der Waals surface area contributed by atoms with Crippen molar-refractivity contribution in [3.8, 4) is 0 Å². The molecule has 1 fully saturated rings. The third-order valence-electron chi connectivity index (χ3n) is 5.10. The third kappa shape index (κ3) is 3.18. The van der Waals surface area contributed by atoms with Gasteiger partial charge in [-0.3, -0.25) is 14.3 Å². The summed E-state index contributed by atoms with van der Waals surface area (Å²) < 4.78 is 1.62. The molecule has 0 unspecified atom stereocenters. The van der Waals surface area contributed by atoms with Crippen molar-refractivity contribution < 1.29 is 9.59 Å². The van der Waals surface area contributed by atoms with Gasteiger partial charge in [-0.15, -0.1) is 0 Å². The molecule has 4 rings (SSSR count). The van der Waals surface area contributed by atoms with E-state index in [1.54, 1.807) is 22.7 Å². The van der Waals surface area contributed by atoms with Crippen molar-refractivity contribution in [3.05, 3.63) is 65.5 Å². The molecule has 6 nitrogen and oxygen atoms in total.